The lowest BCUT2D eigenvalue weighted by atomic mass is 9.97. The fourth-order valence-corrected chi connectivity index (χ4v) is 2.72. The molecular formula is C18H31ClN2. The van der Waals surface area contributed by atoms with Crippen molar-refractivity contribution < 1.29 is 0 Å². The molecule has 0 saturated heterocycles. The van der Waals surface area contributed by atoms with Gasteiger partial charge in [0.1, 0.15) is 0 Å². The molecule has 3 atom stereocenters. The average molecular weight is 311 g/mol. The van der Waals surface area contributed by atoms with Crippen molar-refractivity contribution in [3.8, 4) is 0 Å². The molecule has 1 aromatic carbocycles. The number of nitrogens with one attached hydrogen (secondary N) is 1. The molecule has 3 heteroatoms. The van der Waals surface area contributed by atoms with E-state index >= 15 is 0 Å². The largest absolute Gasteiger partial charge is 0.312 e. The minimum atomic E-state index is 0.168. The van der Waals surface area contributed by atoms with Gasteiger partial charge in [-0.25, -0.2) is 0 Å². The molecule has 0 fully saturated rings. The van der Waals surface area contributed by atoms with Crippen molar-refractivity contribution >= 4 is 11.6 Å². The van der Waals surface area contributed by atoms with Crippen LogP contribution in [0.2, 0.25) is 5.02 Å². The zero-order valence-electron chi connectivity index (χ0n) is 14.6. The van der Waals surface area contributed by atoms with Crippen LogP contribution in [0.25, 0.3) is 0 Å². The van der Waals surface area contributed by atoms with Crippen LogP contribution in [0.5, 0.6) is 0 Å². The maximum Gasteiger partial charge on any atom is 0.0453 e. The summed E-state index contributed by atoms with van der Waals surface area (Å²) in [5.41, 5.74) is 1.37. The van der Waals surface area contributed by atoms with Gasteiger partial charge in [-0.2, -0.15) is 0 Å². The first-order valence-electron chi connectivity index (χ1n) is 7.85. The number of nitrogens with zero attached hydrogens (tertiary/aromatic N) is 1. The molecule has 1 N–H and O–H groups in total. The Morgan fingerprint density at radius 1 is 1.14 bits per heavy atom. The molecular weight excluding hydrogens is 280 g/mol. The number of halogens is 1. The molecule has 0 aliphatic heterocycles. The summed E-state index contributed by atoms with van der Waals surface area (Å²) in [6.45, 7) is 14.5. The Morgan fingerprint density at radius 2 is 1.71 bits per heavy atom. The van der Waals surface area contributed by atoms with Crippen LogP contribution < -0.4 is 5.32 Å². The molecule has 0 aromatic heterocycles. The smallest absolute Gasteiger partial charge is 0.0453 e. The van der Waals surface area contributed by atoms with Gasteiger partial charge in [-0.15, -0.1) is 0 Å². The predicted molar refractivity (Wildman–Crippen MR) is 94.0 cm³/mol. The van der Waals surface area contributed by atoms with E-state index in [1.165, 1.54) is 5.56 Å². The lowest BCUT2D eigenvalue weighted by Crippen LogP contribution is -2.44. The first-order chi connectivity index (χ1) is 9.63. The Balaban J connectivity index is 2.69. The molecule has 0 radical (unpaired) electrons. The summed E-state index contributed by atoms with van der Waals surface area (Å²) >= 11 is 6.33. The van der Waals surface area contributed by atoms with Crippen molar-refractivity contribution in [3.05, 3.63) is 34.9 Å². The minimum absolute atomic E-state index is 0.168. The molecule has 0 aliphatic rings. The zero-order valence-corrected chi connectivity index (χ0v) is 15.3. The summed E-state index contributed by atoms with van der Waals surface area (Å²) in [7, 11) is 2.19. The van der Waals surface area contributed by atoms with Crippen molar-refractivity contribution in [1.29, 1.82) is 0 Å². The summed E-state index contributed by atoms with van der Waals surface area (Å²) in [6.07, 6.45) is 0. The molecule has 1 aromatic rings. The fourth-order valence-electron chi connectivity index (χ4n) is 2.43. The predicted octanol–water partition coefficient (Wildman–Crippen LogP) is 4.75. The van der Waals surface area contributed by atoms with E-state index in [9.17, 15) is 0 Å². The van der Waals surface area contributed by atoms with Crippen LogP contribution in [-0.2, 0) is 0 Å². The highest BCUT2D eigenvalue weighted by atomic mass is 35.5. The molecule has 1 rings (SSSR count). The van der Waals surface area contributed by atoms with Gasteiger partial charge >= 0.3 is 0 Å². The van der Waals surface area contributed by atoms with Crippen LogP contribution in [0.4, 0.5) is 0 Å². The second kappa shape index (κ2) is 7.62. The van der Waals surface area contributed by atoms with E-state index in [1.807, 2.05) is 12.1 Å². The number of rotatable bonds is 6. The van der Waals surface area contributed by atoms with Crippen LogP contribution in [0.3, 0.4) is 0 Å². The zero-order chi connectivity index (χ0) is 16.2. The average Bonchev–Trinajstić information content (AvgIpc) is 2.42. The second-order valence-electron chi connectivity index (χ2n) is 7.21. The van der Waals surface area contributed by atoms with Gasteiger partial charge in [0.15, 0.2) is 0 Å². The summed E-state index contributed by atoms with van der Waals surface area (Å²) < 4.78 is 0. The lowest BCUT2D eigenvalue weighted by Gasteiger charge is -2.36. The highest BCUT2D eigenvalue weighted by Gasteiger charge is 2.24. The van der Waals surface area contributed by atoms with E-state index in [0.29, 0.717) is 18.0 Å². The van der Waals surface area contributed by atoms with Crippen molar-refractivity contribution in [2.24, 2.45) is 5.92 Å². The van der Waals surface area contributed by atoms with E-state index in [0.717, 1.165) is 11.6 Å². The van der Waals surface area contributed by atoms with E-state index in [1.54, 1.807) is 0 Å². The quantitative estimate of drug-likeness (QED) is 0.816. The van der Waals surface area contributed by atoms with Gasteiger partial charge in [-0.3, -0.25) is 4.90 Å². The maximum atomic E-state index is 6.33. The van der Waals surface area contributed by atoms with Gasteiger partial charge in [-0.1, -0.05) is 36.7 Å². The van der Waals surface area contributed by atoms with Crippen LogP contribution in [0, 0.1) is 5.92 Å². The van der Waals surface area contributed by atoms with E-state index in [4.69, 9.17) is 11.6 Å². The molecule has 2 nitrogen and oxygen atoms in total. The summed E-state index contributed by atoms with van der Waals surface area (Å²) in [5.74, 6) is 0.569. The second-order valence-corrected chi connectivity index (χ2v) is 7.62. The van der Waals surface area contributed by atoms with E-state index < -0.39 is 0 Å². The molecule has 0 bridgehead atoms. The molecule has 0 heterocycles. The normalized spacial score (nSPS) is 16.8. The first-order valence-corrected chi connectivity index (χ1v) is 8.22. The Morgan fingerprint density at radius 3 is 2.24 bits per heavy atom. The number of hydrogen-bond donors (Lipinski definition) is 1. The van der Waals surface area contributed by atoms with Crippen LogP contribution in [0.1, 0.15) is 53.1 Å². The summed E-state index contributed by atoms with van der Waals surface area (Å²) in [6, 6.07) is 8.92. The van der Waals surface area contributed by atoms with E-state index in [-0.39, 0.29) is 5.54 Å². The topological polar surface area (TPSA) is 15.3 Å². The third-order valence-electron chi connectivity index (χ3n) is 4.39. The third kappa shape index (κ3) is 5.61. The molecule has 0 spiro atoms. The van der Waals surface area contributed by atoms with Crippen molar-refractivity contribution in [3.63, 3.8) is 0 Å². The van der Waals surface area contributed by atoms with Crippen molar-refractivity contribution in [1.82, 2.24) is 10.2 Å². The maximum absolute atomic E-state index is 6.33. The van der Waals surface area contributed by atoms with Gasteiger partial charge in [0, 0.05) is 22.6 Å². The molecule has 0 aliphatic carbocycles. The monoisotopic (exact) mass is 310 g/mol. The van der Waals surface area contributed by atoms with E-state index in [2.05, 4.69) is 70.9 Å². The Bertz CT molecular complexity index is 439. The van der Waals surface area contributed by atoms with Crippen molar-refractivity contribution in [2.75, 3.05) is 13.6 Å². The van der Waals surface area contributed by atoms with Gasteiger partial charge in [0.05, 0.1) is 0 Å². The molecule has 21 heavy (non-hydrogen) atoms. The lowest BCUT2D eigenvalue weighted by molar-refractivity contribution is 0.146. The molecule has 0 saturated carbocycles. The summed E-state index contributed by atoms with van der Waals surface area (Å²) in [4.78, 5) is 2.41. The molecule has 0 amide bonds. The van der Waals surface area contributed by atoms with Gasteiger partial charge < -0.3 is 5.32 Å². The first kappa shape index (κ1) is 18.5. The van der Waals surface area contributed by atoms with Crippen LogP contribution in [0.15, 0.2) is 24.3 Å². The van der Waals surface area contributed by atoms with Gasteiger partial charge in [-0.05, 0) is 65.8 Å². The minimum Gasteiger partial charge on any atom is -0.312 e. The Hall–Kier alpha value is -0.570. The Kier molecular flexibility index (Phi) is 6.71. The Labute approximate surface area is 135 Å². The number of hydrogen-bond acceptors (Lipinski definition) is 2. The fraction of sp³-hybridized carbons (Fsp3) is 0.667. The van der Waals surface area contributed by atoms with Gasteiger partial charge in [0.2, 0.25) is 0 Å². The SMILES string of the molecule is CC(CNC(C)(C)C)C(C)N(C)C(C)c1ccccc1Cl. The highest BCUT2D eigenvalue weighted by molar-refractivity contribution is 6.31. The van der Waals surface area contributed by atoms with Crippen molar-refractivity contribution in [2.45, 2.75) is 59.2 Å². The van der Waals surface area contributed by atoms with Crippen LogP contribution >= 0.6 is 11.6 Å². The van der Waals surface area contributed by atoms with Crippen LogP contribution in [-0.4, -0.2) is 30.1 Å². The molecule has 3 unspecified atom stereocenters. The number of benzene rings is 1. The third-order valence-corrected chi connectivity index (χ3v) is 4.73. The van der Waals surface area contributed by atoms with Gasteiger partial charge in [0.25, 0.3) is 0 Å². The highest BCUT2D eigenvalue weighted by Crippen LogP contribution is 2.28. The molecule has 120 valence electrons. The standard InChI is InChI=1S/C18H31ClN2/c1-13(12-20-18(4,5)6)14(2)21(7)15(3)16-10-8-9-11-17(16)19/h8-11,13-15,20H,12H2,1-7H3. The summed E-state index contributed by atoms with van der Waals surface area (Å²) in [5, 5.41) is 4.45.